The first-order valence-electron chi connectivity index (χ1n) is 7.42. The average Bonchev–Trinajstić information content (AvgIpc) is 2.75. The van der Waals surface area contributed by atoms with Crippen LogP contribution in [0.4, 0.5) is 0 Å². The first-order chi connectivity index (χ1) is 8.44. The van der Waals surface area contributed by atoms with Gasteiger partial charge in [0.1, 0.15) is 0 Å². The molecular weight excluding hydrogens is 240 g/mol. The molecule has 1 N–H and O–H groups in total. The Labute approximate surface area is 117 Å². The van der Waals surface area contributed by atoms with E-state index in [1.165, 1.54) is 50.2 Å². The monoisotopic (exact) mass is 270 g/mol. The van der Waals surface area contributed by atoms with E-state index in [4.69, 9.17) is 0 Å². The van der Waals surface area contributed by atoms with Crippen LogP contribution in [0.15, 0.2) is 0 Å². The molecule has 0 spiro atoms. The number of rotatable bonds is 4. The molecule has 106 valence electrons. The van der Waals surface area contributed by atoms with Gasteiger partial charge in [0.15, 0.2) is 0 Å². The molecule has 1 aliphatic carbocycles. The first-order valence-corrected chi connectivity index (χ1v) is 8.58. The highest BCUT2D eigenvalue weighted by atomic mass is 32.2. The molecule has 1 aliphatic heterocycles. The van der Waals surface area contributed by atoms with Crippen molar-refractivity contribution >= 4 is 11.8 Å². The number of hydrogen-bond acceptors (Lipinski definition) is 3. The van der Waals surface area contributed by atoms with Crippen molar-refractivity contribution in [3.8, 4) is 0 Å². The Morgan fingerprint density at radius 2 is 1.89 bits per heavy atom. The number of hydrogen-bond donors (Lipinski definition) is 1. The summed E-state index contributed by atoms with van der Waals surface area (Å²) in [6.07, 6.45) is 6.89. The number of nitrogens with one attached hydrogen (secondary N) is 1. The van der Waals surface area contributed by atoms with Crippen molar-refractivity contribution in [3.63, 3.8) is 0 Å². The maximum Gasteiger partial charge on any atom is 0.0327 e. The topological polar surface area (TPSA) is 15.3 Å². The molecule has 0 aromatic rings. The highest BCUT2D eigenvalue weighted by Crippen LogP contribution is 2.36. The lowest BCUT2D eigenvalue weighted by molar-refractivity contribution is 0.146. The molecule has 0 aromatic heterocycles. The quantitative estimate of drug-likeness (QED) is 0.845. The van der Waals surface area contributed by atoms with E-state index in [-0.39, 0.29) is 0 Å². The van der Waals surface area contributed by atoms with Gasteiger partial charge in [0.25, 0.3) is 0 Å². The van der Waals surface area contributed by atoms with Crippen LogP contribution in [0.3, 0.4) is 0 Å². The second-order valence-corrected chi connectivity index (χ2v) is 8.32. The third-order valence-corrected chi connectivity index (χ3v) is 6.44. The molecule has 1 saturated carbocycles. The van der Waals surface area contributed by atoms with Crippen molar-refractivity contribution in [2.24, 2.45) is 5.41 Å². The maximum absolute atomic E-state index is 3.88. The van der Waals surface area contributed by atoms with E-state index < -0.39 is 0 Å². The zero-order valence-electron chi connectivity index (χ0n) is 12.6. The fourth-order valence-corrected chi connectivity index (χ4v) is 4.85. The van der Waals surface area contributed by atoms with E-state index in [1.54, 1.807) is 0 Å². The van der Waals surface area contributed by atoms with E-state index in [1.807, 2.05) is 0 Å². The highest BCUT2D eigenvalue weighted by molar-refractivity contribution is 7.99. The van der Waals surface area contributed by atoms with E-state index in [9.17, 15) is 0 Å². The van der Waals surface area contributed by atoms with Gasteiger partial charge in [-0.1, -0.05) is 26.7 Å². The summed E-state index contributed by atoms with van der Waals surface area (Å²) in [7, 11) is 4.51. The molecule has 0 bridgehead atoms. The molecule has 2 rings (SSSR count). The minimum Gasteiger partial charge on any atom is -0.311 e. The van der Waals surface area contributed by atoms with Crippen LogP contribution in [0.5, 0.6) is 0 Å². The van der Waals surface area contributed by atoms with Crippen molar-refractivity contribution in [1.29, 1.82) is 0 Å². The summed E-state index contributed by atoms with van der Waals surface area (Å²) in [5, 5.41) is 3.88. The Morgan fingerprint density at radius 1 is 1.22 bits per heavy atom. The maximum atomic E-state index is 3.88. The molecule has 0 aromatic carbocycles. The average molecular weight is 270 g/mol. The molecule has 2 fully saturated rings. The second-order valence-electron chi connectivity index (χ2n) is 7.29. The minimum atomic E-state index is 0.437. The van der Waals surface area contributed by atoms with Gasteiger partial charge >= 0.3 is 0 Å². The number of nitrogens with zero attached hydrogens (tertiary/aromatic N) is 1. The largest absolute Gasteiger partial charge is 0.311 e. The third-order valence-electron chi connectivity index (χ3n) is 4.81. The van der Waals surface area contributed by atoms with Gasteiger partial charge in [0.2, 0.25) is 0 Å². The summed E-state index contributed by atoms with van der Waals surface area (Å²) >= 11 is 2.12. The molecule has 1 unspecified atom stereocenters. The summed E-state index contributed by atoms with van der Waals surface area (Å²) in [5.41, 5.74) is 0.952. The van der Waals surface area contributed by atoms with Crippen LogP contribution < -0.4 is 5.32 Å². The van der Waals surface area contributed by atoms with Gasteiger partial charge in [-0.2, -0.15) is 11.8 Å². The lowest BCUT2D eigenvalue weighted by Crippen LogP contribution is -2.53. The van der Waals surface area contributed by atoms with E-state index >= 15 is 0 Å². The summed E-state index contributed by atoms with van der Waals surface area (Å²) in [6, 6.07) is 0.719. The van der Waals surface area contributed by atoms with Crippen LogP contribution in [-0.4, -0.2) is 48.6 Å². The van der Waals surface area contributed by atoms with Gasteiger partial charge in [-0.05, 0) is 44.5 Å². The third kappa shape index (κ3) is 3.43. The van der Waals surface area contributed by atoms with Crippen molar-refractivity contribution in [2.45, 2.75) is 57.5 Å². The fraction of sp³-hybridized carbons (Fsp3) is 1.00. The molecule has 18 heavy (non-hydrogen) atoms. The van der Waals surface area contributed by atoms with Gasteiger partial charge < -0.3 is 10.2 Å². The Morgan fingerprint density at radius 3 is 2.44 bits per heavy atom. The van der Waals surface area contributed by atoms with Crippen LogP contribution in [0, 0.1) is 5.41 Å². The van der Waals surface area contributed by atoms with E-state index in [2.05, 4.69) is 49.9 Å². The van der Waals surface area contributed by atoms with Crippen molar-refractivity contribution in [1.82, 2.24) is 10.2 Å². The molecular formula is C15H30N2S. The molecule has 0 amide bonds. The van der Waals surface area contributed by atoms with Crippen LogP contribution >= 0.6 is 11.8 Å². The van der Waals surface area contributed by atoms with Crippen LogP contribution in [0.1, 0.15) is 46.0 Å². The van der Waals surface area contributed by atoms with Crippen LogP contribution in [0.25, 0.3) is 0 Å². The minimum absolute atomic E-state index is 0.437. The van der Waals surface area contributed by atoms with Gasteiger partial charge in [0, 0.05) is 23.9 Å². The molecule has 1 saturated heterocycles. The van der Waals surface area contributed by atoms with Gasteiger partial charge in [0.05, 0.1) is 0 Å². The molecule has 2 nitrogen and oxygen atoms in total. The summed E-state index contributed by atoms with van der Waals surface area (Å²) in [5.74, 6) is 2.62. The Balaban J connectivity index is 1.86. The van der Waals surface area contributed by atoms with Crippen molar-refractivity contribution in [2.75, 3.05) is 32.1 Å². The summed E-state index contributed by atoms with van der Waals surface area (Å²) in [6.45, 7) is 6.00. The predicted octanol–water partition coefficient (Wildman–Crippen LogP) is 2.98. The van der Waals surface area contributed by atoms with Gasteiger partial charge in [-0.15, -0.1) is 0 Å². The predicted molar refractivity (Wildman–Crippen MR) is 82.4 cm³/mol. The lowest BCUT2D eigenvalue weighted by Gasteiger charge is -2.40. The SMILES string of the molecule is CN(C)C1(CNC2CSCC(C)(C)C2)CCCC1. The Hall–Kier alpha value is 0.270. The highest BCUT2D eigenvalue weighted by Gasteiger charge is 2.37. The van der Waals surface area contributed by atoms with Crippen molar-refractivity contribution < 1.29 is 0 Å². The van der Waals surface area contributed by atoms with Crippen molar-refractivity contribution in [3.05, 3.63) is 0 Å². The lowest BCUT2D eigenvalue weighted by atomic mass is 9.87. The summed E-state index contributed by atoms with van der Waals surface area (Å²) < 4.78 is 0. The normalized spacial score (nSPS) is 30.8. The Bertz CT molecular complexity index is 270. The van der Waals surface area contributed by atoms with Crippen LogP contribution in [-0.2, 0) is 0 Å². The van der Waals surface area contributed by atoms with Crippen LogP contribution in [0.2, 0.25) is 0 Å². The van der Waals surface area contributed by atoms with Gasteiger partial charge in [-0.3, -0.25) is 0 Å². The summed E-state index contributed by atoms with van der Waals surface area (Å²) in [4.78, 5) is 2.47. The standard InChI is InChI=1S/C15H30N2S/c1-14(2)9-13(10-18-12-14)16-11-15(17(3)4)7-5-6-8-15/h13,16H,5-12H2,1-4H3. The first kappa shape index (κ1) is 14.7. The Kier molecular flexibility index (Phi) is 4.66. The smallest absolute Gasteiger partial charge is 0.0327 e. The number of likely N-dealkylation sites (N-methyl/N-ethyl adjacent to an activating group) is 1. The number of thioether (sulfide) groups is 1. The van der Waals surface area contributed by atoms with E-state index in [0.29, 0.717) is 11.0 Å². The second kappa shape index (κ2) is 5.72. The van der Waals surface area contributed by atoms with E-state index in [0.717, 1.165) is 6.04 Å². The zero-order valence-corrected chi connectivity index (χ0v) is 13.4. The molecule has 3 heteroatoms. The van der Waals surface area contributed by atoms with Gasteiger partial charge in [-0.25, -0.2) is 0 Å². The molecule has 1 atom stereocenters. The zero-order chi connectivity index (χ0) is 13.2. The molecule has 0 radical (unpaired) electrons. The molecule has 2 aliphatic rings. The fourth-order valence-electron chi connectivity index (χ4n) is 3.54. The molecule has 1 heterocycles.